The van der Waals surface area contributed by atoms with E-state index >= 15 is 0 Å². The average Bonchev–Trinajstić information content (AvgIpc) is 2.54. The van der Waals surface area contributed by atoms with Gasteiger partial charge in [0.05, 0.1) is 19.8 Å². The number of rotatable bonds is 6. The molecule has 1 aliphatic rings. The summed E-state index contributed by atoms with van der Waals surface area (Å²) in [6, 6.07) is 3.21. The van der Waals surface area contributed by atoms with Gasteiger partial charge in [0, 0.05) is 44.1 Å². The van der Waals surface area contributed by atoms with Crippen LogP contribution in [0.15, 0.2) is 24.5 Å². The van der Waals surface area contributed by atoms with Gasteiger partial charge < -0.3 is 15.4 Å². The summed E-state index contributed by atoms with van der Waals surface area (Å²) in [6.07, 6.45) is 3.08. The minimum Gasteiger partial charge on any atom is -0.379 e. The smallest absolute Gasteiger partial charge is 0.251 e. The quantitative estimate of drug-likeness (QED) is 0.721. The lowest BCUT2D eigenvalue weighted by Crippen LogP contribution is -2.43. The number of ether oxygens (including phenoxy) is 1. The average molecular weight is 292 g/mol. The molecule has 1 fully saturated rings. The van der Waals surface area contributed by atoms with Crippen molar-refractivity contribution in [3.05, 3.63) is 30.1 Å². The maximum absolute atomic E-state index is 11.7. The number of nitrogens with zero attached hydrogens (tertiary/aromatic N) is 2. The van der Waals surface area contributed by atoms with E-state index < -0.39 is 0 Å². The summed E-state index contributed by atoms with van der Waals surface area (Å²) in [5, 5.41) is 5.36. The molecule has 0 aliphatic carbocycles. The molecule has 2 N–H and O–H groups in total. The highest BCUT2D eigenvalue weighted by Gasteiger charge is 2.11. The molecule has 7 heteroatoms. The minimum absolute atomic E-state index is 0.0235. The molecule has 0 unspecified atom stereocenters. The summed E-state index contributed by atoms with van der Waals surface area (Å²) >= 11 is 0. The number of morpholine rings is 1. The van der Waals surface area contributed by atoms with Crippen molar-refractivity contribution in [2.45, 2.75) is 0 Å². The fourth-order valence-electron chi connectivity index (χ4n) is 2.01. The van der Waals surface area contributed by atoms with Gasteiger partial charge in [0.1, 0.15) is 0 Å². The van der Waals surface area contributed by atoms with Crippen LogP contribution < -0.4 is 10.6 Å². The Bertz CT molecular complexity index is 461. The molecule has 1 aromatic heterocycles. The highest BCUT2D eigenvalue weighted by Crippen LogP contribution is 1.95. The maximum Gasteiger partial charge on any atom is 0.251 e. The zero-order valence-electron chi connectivity index (χ0n) is 11.9. The fourth-order valence-corrected chi connectivity index (χ4v) is 2.01. The van der Waals surface area contributed by atoms with E-state index in [4.69, 9.17) is 4.74 Å². The van der Waals surface area contributed by atoms with Crippen molar-refractivity contribution < 1.29 is 14.3 Å². The molecule has 1 aliphatic heterocycles. The Kier molecular flexibility index (Phi) is 6.11. The normalized spacial score (nSPS) is 15.4. The summed E-state index contributed by atoms with van der Waals surface area (Å²) in [6.45, 7) is 4.64. The molecule has 2 heterocycles. The first-order valence-electron chi connectivity index (χ1n) is 7.01. The first-order valence-corrected chi connectivity index (χ1v) is 7.01. The molecule has 114 valence electrons. The lowest BCUT2D eigenvalue weighted by atomic mass is 10.2. The van der Waals surface area contributed by atoms with Crippen molar-refractivity contribution in [3.63, 3.8) is 0 Å². The second-order valence-corrected chi connectivity index (χ2v) is 4.72. The van der Waals surface area contributed by atoms with Gasteiger partial charge in [0.2, 0.25) is 5.91 Å². The van der Waals surface area contributed by atoms with Gasteiger partial charge in [-0.15, -0.1) is 0 Å². The lowest BCUT2D eigenvalue weighted by molar-refractivity contribution is -0.120. The predicted molar refractivity (Wildman–Crippen MR) is 76.8 cm³/mol. The lowest BCUT2D eigenvalue weighted by Gasteiger charge is -2.26. The zero-order chi connectivity index (χ0) is 14.9. The van der Waals surface area contributed by atoms with Crippen molar-refractivity contribution in [1.82, 2.24) is 20.5 Å². The molecule has 1 aromatic rings. The van der Waals surface area contributed by atoms with Gasteiger partial charge in [-0.25, -0.2) is 0 Å². The number of hydrogen-bond acceptors (Lipinski definition) is 5. The highest BCUT2D eigenvalue weighted by molar-refractivity contribution is 5.96. The van der Waals surface area contributed by atoms with Gasteiger partial charge in [-0.2, -0.15) is 0 Å². The topological polar surface area (TPSA) is 83.6 Å². The Morgan fingerprint density at radius 3 is 2.62 bits per heavy atom. The molecule has 0 saturated carbocycles. The van der Waals surface area contributed by atoms with E-state index in [0.29, 0.717) is 12.1 Å². The Morgan fingerprint density at radius 1 is 1.19 bits per heavy atom. The van der Waals surface area contributed by atoms with Crippen molar-refractivity contribution in [2.24, 2.45) is 0 Å². The molecule has 21 heavy (non-hydrogen) atoms. The Labute approximate surface area is 123 Å². The van der Waals surface area contributed by atoms with Crippen LogP contribution >= 0.6 is 0 Å². The monoisotopic (exact) mass is 292 g/mol. The number of amides is 2. The highest BCUT2D eigenvalue weighted by atomic mass is 16.5. The second-order valence-electron chi connectivity index (χ2n) is 4.72. The maximum atomic E-state index is 11.7. The summed E-state index contributed by atoms with van der Waals surface area (Å²) in [5.74, 6) is -0.466. The van der Waals surface area contributed by atoms with Gasteiger partial charge in [-0.1, -0.05) is 0 Å². The summed E-state index contributed by atoms with van der Waals surface area (Å²) in [5.41, 5.74) is 0.492. The van der Waals surface area contributed by atoms with Crippen molar-refractivity contribution in [1.29, 1.82) is 0 Å². The molecule has 0 atom stereocenters. The van der Waals surface area contributed by atoms with Crippen LogP contribution in [0.25, 0.3) is 0 Å². The number of pyridine rings is 1. The van der Waals surface area contributed by atoms with Crippen LogP contribution in [-0.2, 0) is 9.53 Å². The van der Waals surface area contributed by atoms with Crippen LogP contribution in [0, 0.1) is 0 Å². The Morgan fingerprint density at radius 2 is 1.90 bits per heavy atom. The first-order chi connectivity index (χ1) is 10.3. The number of hydrogen-bond donors (Lipinski definition) is 2. The van der Waals surface area contributed by atoms with Crippen molar-refractivity contribution in [2.75, 3.05) is 45.9 Å². The molecule has 0 bridgehead atoms. The molecule has 1 saturated heterocycles. The van der Waals surface area contributed by atoms with Crippen LogP contribution in [-0.4, -0.2) is 67.6 Å². The summed E-state index contributed by atoms with van der Waals surface area (Å²) in [7, 11) is 0. The largest absolute Gasteiger partial charge is 0.379 e. The molecule has 2 rings (SSSR count). The third-order valence-electron chi connectivity index (χ3n) is 3.21. The van der Waals surface area contributed by atoms with Crippen molar-refractivity contribution in [3.8, 4) is 0 Å². The second kappa shape index (κ2) is 8.33. The van der Waals surface area contributed by atoms with E-state index in [1.54, 1.807) is 12.1 Å². The molecule has 0 spiro atoms. The van der Waals surface area contributed by atoms with E-state index in [9.17, 15) is 9.59 Å². The number of carbonyl (C=O) groups excluding carboxylic acids is 2. The third-order valence-corrected chi connectivity index (χ3v) is 3.21. The predicted octanol–water partition coefficient (Wildman–Crippen LogP) is -0.740. The van der Waals surface area contributed by atoms with Gasteiger partial charge in [-0.3, -0.25) is 19.5 Å². The van der Waals surface area contributed by atoms with Gasteiger partial charge in [-0.05, 0) is 12.1 Å². The van der Waals surface area contributed by atoms with Crippen LogP contribution in [0.2, 0.25) is 0 Å². The number of aromatic nitrogens is 1. The molecular formula is C14H20N4O3. The van der Waals surface area contributed by atoms with E-state index in [0.717, 1.165) is 32.8 Å². The van der Waals surface area contributed by atoms with E-state index in [-0.39, 0.29) is 18.4 Å². The van der Waals surface area contributed by atoms with Crippen molar-refractivity contribution >= 4 is 11.8 Å². The summed E-state index contributed by atoms with van der Waals surface area (Å²) in [4.78, 5) is 29.4. The SMILES string of the molecule is O=C(CNC(=O)c1ccncc1)NCCN1CCOCC1. The van der Waals surface area contributed by atoms with Crippen LogP contribution in [0.3, 0.4) is 0 Å². The number of nitrogens with one attached hydrogen (secondary N) is 2. The van der Waals surface area contributed by atoms with Crippen LogP contribution in [0.1, 0.15) is 10.4 Å². The standard InChI is InChI=1S/C14H20N4O3/c19-13(16-5-6-18-7-9-21-10-8-18)11-17-14(20)12-1-3-15-4-2-12/h1-4H,5-11H2,(H,16,19)(H,17,20). The van der Waals surface area contributed by atoms with E-state index in [2.05, 4.69) is 20.5 Å². The first kappa shape index (κ1) is 15.4. The Hall–Kier alpha value is -1.99. The molecule has 7 nitrogen and oxygen atoms in total. The van der Waals surface area contributed by atoms with Gasteiger partial charge in [0.25, 0.3) is 5.91 Å². The molecular weight excluding hydrogens is 272 g/mol. The Balaban J connectivity index is 1.60. The molecule has 0 radical (unpaired) electrons. The number of carbonyl (C=O) groups is 2. The molecule has 2 amide bonds. The van der Waals surface area contributed by atoms with E-state index in [1.807, 2.05) is 0 Å². The minimum atomic E-state index is -0.277. The molecule has 0 aromatic carbocycles. The van der Waals surface area contributed by atoms with Gasteiger partial charge in [0.15, 0.2) is 0 Å². The van der Waals surface area contributed by atoms with Crippen LogP contribution in [0.5, 0.6) is 0 Å². The fraction of sp³-hybridized carbons (Fsp3) is 0.500. The zero-order valence-corrected chi connectivity index (χ0v) is 11.9. The third kappa shape index (κ3) is 5.49. The van der Waals surface area contributed by atoms with Crippen LogP contribution in [0.4, 0.5) is 0 Å². The van der Waals surface area contributed by atoms with E-state index in [1.165, 1.54) is 12.4 Å². The van der Waals surface area contributed by atoms with Gasteiger partial charge >= 0.3 is 0 Å². The summed E-state index contributed by atoms with van der Waals surface area (Å²) < 4.78 is 5.25.